The quantitative estimate of drug-likeness (QED) is 0.863. The highest BCUT2D eigenvalue weighted by atomic mass is 16.6. The molecule has 0 aromatic rings. The lowest BCUT2D eigenvalue weighted by molar-refractivity contribution is 0.0260. The van der Waals surface area contributed by atoms with Gasteiger partial charge in [0.2, 0.25) is 0 Å². The smallest absolute Gasteiger partial charge is 0.410 e. The molecule has 0 heterocycles. The fourth-order valence-electron chi connectivity index (χ4n) is 1.23. The minimum Gasteiger partial charge on any atom is -0.444 e. The van der Waals surface area contributed by atoms with Crippen molar-refractivity contribution in [1.82, 2.24) is 10.2 Å². The van der Waals surface area contributed by atoms with Crippen LogP contribution in [0.1, 0.15) is 41.5 Å². The van der Waals surface area contributed by atoms with Gasteiger partial charge in [-0.2, -0.15) is 0 Å². The van der Waals surface area contributed by atoms with E-state index in [4.69, 9.17) is 9.47 Å². The Kier molecular flexibility index (Phi) is 6.82. The number of alkyl carbamates (subject to hydrolysis) is 1. The number of rotatable bonds is 4. The first-order chi connectivity index (χ1) is 8.94. The molecule has 0 aromatic carbocycles. The van der Waals surface area contributed by atoms with E-state index >= 15 is 0 Å². The van der Waals surface area contributed by atoms with E-state index in [1.54, 1.807) is 41.5 Å². The van der Waals surface area contributed by atoms with E-state index in [1.807, 2.05) is 0 Å². The number of amides is 2. The zero-order valence-corrected chi connectivity index (χ0v) is 13.4. The van der Waals surface area contributed by atoms with E-state index in [1.165, 1.54) is 4.90 Å². The van der Waals surface area contributed by atoms with Crippen molar-refractivity contribution in [3.8, 4) is 0 Å². The summed E-state index contributed by atoms with van der Waals surface area (Å²) < 4.78 is 10.3. The molecule has 20 heavy (non-hydrogen) atoms. The molecule has 0 aliphatic rings. The number of ether oxygens (including phenoxy) is 2. The SMILES string of the molecule is [CH2]CN(CCNC(=O)OC(C)(C)C)C(=O)OC(C)(C)C. The van der Waals surface area contributed by atoms with E-state index in [0.717, 1.165) is 0 Å². The maximum absolute atomic E-state index is 11.8. The zero-order valence-electron chi connectivity index (χ0n) is 13.4. The molecule has 0 rings (SSSR count). The van der Waals surface area contributed by atoms with E-state index in [-0.39, 0.29) is 13.1 Å². The van der Waals surface area contributed by atoms with Crippen LogP contribution in [0.5, 0.6) is 0 Å². The van der Waals surface area contributed by atoms with Gasteiger partial charge < -0.3 is 19.7 Å². The van der Waals surface area contributed by atoms with Crippen molar-refractivity contribution in [2.45, 2.75) is 52.7 Å². The average Bonchev–Trinajstić information content (AvgIpc) is 2.18. The zero-order chi connectivity index (χ0) is 16.0. The fourth-order valence-corrected chi connectivity index (χ4v) is 1.23. The van der Waals surface area contributed by atoms with Crippen molar-refractivity contribution in [2.24, 2.45) is 0 Å². The molecule has 0 aliphatic heterocycles. The first-order valence-corrected chi connectivity index (χ1v) is 6.68. The molecule has 1 radical (unpaired) electrons. The standard InChI is InChI=1S/C14H27N2O4/c1-8-16(12(18)20-14(5,6)7)10-9-15-11(17)19-13(2,3)4/h1,8-10H2,2-7H3,(H,15,17). The normalized spacial score (nSPS) is 11.8. The topological polar surface area (TPSA) is 67.9 Å². The van der Waals surface area contributed by atoms with Crippen molar-refractivity contribution in [3.05, 3.63) is 6.92 Å². The third-order valence-electron chi connectivity index (χ3n) is 1.97. The average molecular weight is 287 g/mol. The molecule has 0 bridgehead atoms. The second-order valence-corrected chi connectivity index (χ2v) is 6.40. The number of carbonyl (C=O) groups is 2. The van der Waals surface area contributed by atoms with Gasteiger partial charge in [-0.05, 0) is 48.5 Å². The van der Waals surface area contributed by atoms with Gasteiger partial charge in [0.1, 0.15) is 11.2 Å². The molecule has 0 atom stereocenters. The van der Waals surface area contributed by atoms with Gasteiger partial charge >= 0.3 is 12.2 Å². The van der Waals surface area contributed by atoms with Gasteiger partial charge in [0.25, 0.3) is 0 Å². The maximum Gasteiger partial charge on any atom is 0.410 e. The highest BCUT2D eigenvalue weighted by molar-refractivity contribution is 5.69. The van der Waals surface area contributed by atoms with Gasteiger partial charge in [0.05, 0.1) is 0 Å². The van der Waals surface area contributed by atoms with E-state index in [9.17, 15) is 9.59 Å². The Labute approximate surface area is 121 Å². The van der Waals surface area contributed by atoms with Crippen LogP contribution in [-0.4, -0.2) is 47.9 Å². The highest BCUT2D eigenvalue weighted by Gasteiger charge is 2.21. The Morgan fingerprint density at radius 1 is 1.05 bits per heavy atom. The predicted octanol–water partition coefficient (Wildman–Crippen LogP) is 2.58. The number of hydrogen-bond donors (Lipinski definition) is 1. The van der Waals surface area contributed by atoms with Crippen molar-refractivity contribution in [3.63, 3.8) is 0 Å². The van der Waals surface area contributed by atoms with E-state index in [0.29, 0.717) is 6.54 Å². The van der Waals surface area contributed by atoms with E-state index in [2.05, 4.69) is 12.2 Å². The van der Waals surface area contributed by atoms with Gasteiger partial charge in [-0.25, -0.2) is 9.59 Å². The largest absolute Gasteiger partial charge is 0.444 e. The summed E-state index contributed by atoms with van der Waals surface area (Å²) in [7, 11) is 0. The number of hydrogen-bond acceptors (Lipinski definition) is 4. The highest BCUT2D eigenvalue weighted by Crippen LogP contribution is 2.09. The summed E-state index contributed by atoms with van der Waals surface area (Å²) in [6.07, 6.45) is -0.954. The molecule has 117 valence electrons. The van der Waals surface area contributed by atoms with Crippen LogP contribution in [0, 0.1) is 6.92 Å². The molecule has 0 saturated carbocycles. The van der Waals surface area contributed by atoms with Crippen LogP contribution >= 0.6 is 0 Å². The predicted molar refractivity (Wildman–Crippen MR) is 77.4 cm³/mol. The second kappa shape index (κ2) is 7.36. The molecule has 0 aliphatic carbocycles. The Morgan fingerprint density at radius 2 is 1.55 bits per heavy atom. The van der Waals surface area contributed by atoms with E-state index < -0.39 is 23.4 Å². The summed E-state index contributed by atoms with van der Waals surface area (Å²) >= 11 is 0. The van der Waals surface area contributed by atoms with Crippen molar-refractivity contribution >= 4 is 12.2 Å². The third-order valence-corrected chi connectivity index (χ3v) is 1.97. The summed E-state index contributed by atoms with van der Waals surface area (Å²) in [5, 5.41) is 2.58. The van der Waals surface area contributed by atoms with Crippen molar-refractivity contribution < 1.29 is 19.1 Å². The summed E-state index contributed by atoms with van der Waals surface area (Å²) in [5.41, 5.74) is -1.09. The minimum absolute atomic E-state index is 0.269. The minimum atomic E-state index is -0.552. The lowest BCUT2D eigenvalue weighted by atomic mass is 10.2. The van der Waals surface area contributed by atoms with Crippen LogP contribution in [-0.2, 0) is 9.47 Å². The van der Waals surface area contributed by atoms with Crippen LogP contribution in [0.2, 0.25) is 0 Å². The Bertz CT molecular complexity index is 329. The number of nitrogens with one attached hydrogen (secondary N) is 1. The molecule has 0 spiro atoms. The van der Waals surface area contributed by atoms with Crippen LogP contribution in [0.3, 0.4) is 0 Å². The number of carbonyl (C=O) groups excluding carboxylic acids is 2. The van der Waals surface area contributed by atoms with Crippen molar-refractivity contribution in [2.75, 3.05) is 19.6 Å². The lowest BCUT2D eigenvalue weighted by Gasteiger charge is -2.26. The number of nitrogens with zero attached hydrogens (tertiary/aromatic N) is 1. The van der Waals surface area contributed by atoms with Crippen LogP contribution in [0.15, 0.2) is 0 Å². The molecular weight excluding hydrogens is 260 g/mol. The molecule has 6 nitrogen and oxygen atoms in total. The Balaban J connectivity index is 4.14. The molecule has 1 N–H and O–H groups in total. The monoisotopic (exact) mass is 287 g/mol. The first-order valence-electron chi connectivity index (χ1n) is 6.68. The lowest BCUT2D eigenvalue weighted by Crippen LogP contribution is -2.42. The van der Waals surface area contributed by atoms with Crippen LogP contribution < -0.4 is 5.32 Å². The summed E-state index contributed by atoms with van der Waals surface area (Å²) in [4.78, 5) is 24.7. The van der Waals surface area contributed by atoms with Gasteiger partial charge in [0, 0.05) is 19.6 Å². The molecular formula is C14H27N2O4. The maximum atomic E-state index is 11.8. The molecule has 2 amide bonds. The summed E-state index contributed by atoms with van der Waals surface area (Å²) in [5.74, 6) is 0. The van der Waals surface area contributed by atoms with Gasteiger partial charge in [-0.3, -0.25) is 0 Å². The van der Waals surface area contributed by atoms with Crippen LogP contribution in [0.25, 0.3) is 0 Å². The molecule has 0 unspecified atom stereocenters. The molecule has 0 saturated heterocycles. The van der Waals surface area contributed by atoms with Crippen molar-refractivity contribution in [1.29, 1.82) is 0 Å². The Morgan fingerprint density at radius 3 is 1.95 bits per heavy atom. The Hall–Kier alpha value is -1.46. The van der Waals surface area contributed by atoms with Gasteiger partial charge in [0.15, 0.2) is 0 Å². The first kappa shape index (κ1) is 18.5. The fraction of sp³-hybridized carbons (Fsp3) is 0.786. The van der Waals surface area contributed by atoms with Gasteiger partial charge in [-0.1, -0.05) is 0 Å². The summed E-state index contributed by atoms with van der Waals surface area (Å²) in [6, 6.07) is 0. The molecule has 0 fully saturated rings. The molecule has 0 aromatic heterocycles. The summed E-state index contributed by atoms with van der Waals surface area (Å²) in [6.45, 7) is 15.3. The second-order valence-electron chi connectivity index (χ2n) is 6.40. The van der Waals surface area contributed by atoms with Crippen LogP contribution in [0.4, 0.5) is 9.59 Å². The van der Waals surface area contributed by atoms with Gasteiger partial charge in [-0.15, -0.1) is 0 Å². The third kappa shape index (κ3) is 9.47. The molecule has 6 heteroatoms.